The third-order valence-electron chi connectivity index (χ3n) is 3.22. The van der Waals surface area contributed by atoms with Gasteiger partial charge in [-0.1, -0.05) is 0 Å². The molecule has 0 saturated carbocycles. The van der Waals surface area contributed by atoms with Crippen molar-refractivity contribution in [3.63, 3.8) is 0 Å². The van der Waals surface area contributed by atoms with Gasteiger partial charge in [-0.25, -0.2) is 0 Å². The van der Waals surface area contributed by atoms with Gasteiger partial charge < -0.3 is 10.1 Å². The van der Waals surface area contributed by atoms with Crippen LogP contribution in [0.1, 0.15) is 26.2 Å². The lowest BCUT2D eigenvalue weighted by Crippen LogP contribution is -2.48. The molecule has 0 aromatic carbocycles. The summed E-state index contributed by atoms with van der Waals surface area (Å²) >= 11 is 0. The molecular weight excluding hydrogens is 176 g/mol. The molecule has 2 unspecified atom stereocenters. The van der Waals surface area contributed by atoms with E-state index in [1.165, 1.54) is 25.9 Å². The highest BCUT2D eigenvalue weighted by Gasteiger charge is 2.21. The zero-order valence-corrected chi connectivity index (χ0v) is 9.75. The molecule has 0 aliphatic carbocycles. The van der Waals surface area contributed by atoms with Crippen LogP contribution in [0.25, 0.3) is 0 Å². The minimum Gasteiger partial charge on any atom is -0.385 e. The van der Waals surface area contributed by atoms with Crippen molar-refractivity contribution >= 4 is 0 Å². The summed E-state index contributed by atoms with van der Waals surface area (Å²) in [6.07, 6.45) is 3.79. The van der Waals surface area contributed by atoms with E-state index in [-0.39, 0.29) is 0 Å². The lowest BCUT2D eigenvalue weighted by atomic mass is 10.0. The van der Waals surface area contributed by atoms with Crippen molar-refractivity contribution < 1.29 is 4.74 Å². The Labute approximate surface area is 87.8 Å². The number of hydrogen-bond acceptors (Lipinski definition) is 3. The topological polar surface area (TPSA) is 24.5 Å². The van der Waals surface area contributed by atoms with Crippen molar-refractivity contribution in [2.24, 2.45) is 0 Å². The second-order valence-electron chi connectivity index (χ2n) is 4.25. The van der Waals surface area contributed by atoms with Crippen LogP contribution in [-0.4, -0.2) is 50.8 Å². The van der Waals surface area contributed by atoms with Crippen LogP contribution < -0.4 is 5.32 Å². The number of hydrogen-bond donors (Lipinski definition) is 1. The van der Waals surface area contributed by atoms with E-state index in [9.17, 15) is 0 Å². The summed E-state index contributed by atoms with van der Waals surface area (Å²) in [4.78, 5) is 2.57. The molecule has 14 heavy (non-hydrogen) atoms. The van der Waals surface area contributed by atoms with Gasteiger partial charge >= 0.3 is 0 Å². The van der Waals surface area contributed by atoms with E-state index in [0.717, 1.165) is 13.0 Å². The van der Waals surface area contributed by atoms with Crippen molar-refractivity contribution in [1.82, 2.24) is 10.2 Å². The Morgan fingerprint density at radius 2 is 2.36 bits per heavy atom. The predicted molar refractivity (Wildman–Crippen MR) is 59.6 cm³/mol. The number of rotatable bonds is 5. The lowest BCUT2D eigenvalue weighted by molar-refractivity contribution is 0.111. The molecular formula is C11H24N2O. The molecule has 3 nitrogen and oxygen atoms in total. The monoisotopic (exact) mass is 200 g/mol. The quantitative estimate of drug-likeness (QED) is 0.719. The number of likely N-dealkylation sites (tertiary alicyclic amines) is 1. The minimum atomic E-state index is 0.658. The highest BCUT2D eigenvalue weighted by molar-refractivity contribution is 4.80. The van der Waals surface area contributed by atoms with E-state index < -0.39 is 0 Å². The van der Waals surface area contributed by atoms with Gasteiger partial charge in [0.2, 0.25) is 0 Å². The highest BCUT2D eigenvalue weighted by atomic mass is 16.5. The number of nitrogens with zero attached hydrogens (tertiary/aromatic N) is 1. The lowest BCUT2D eigenvalue weighted by Gasteiger charge is -2.36. The number of piperidine rings is 1. The molecule has 0 amide bonds. The van der Waals surface area contributed by atoms with Crippen LogP contribution in [0.4, 0.5) is 0 Å². The molecule has 1 fully saturated rings. The number of nitrogens with one attached hydrogen (secondary N) is 1. The van der Waals surface area contributed by atoms with Crippen LogP contribution in [-0.2, 0) is 4.74 Å². The van der Waals surface area contributed by atoms with Gasteiger partial charge in [0, 0.05) is 32.3 Å². The maximum Gasteiger partial charge on any atom is 0.0477 e. The van der Waals surface area contributed by atoms with Crippen LogP contribution in [0, 0.1) is 0 Å². The Morgan fingerprint density at radius 3 is 3.00 bits per heavy atom. The summed E-state index contributed by atoms with van der Waals surface area (Å²) in [6.45, 7) is 5.63. The van der Waals surface area contributed by atoms with E-state index in [4.69, 9.17) is 4.74 Å². The molecule has 84 valence electrons. The first kappa shape index (κ1) is 12.0. The normalized spacial score (nSPS) is 26.4. The van der Waals surface area contributed by atoms with Crippen molar-refractivity contribution in [1.29, 1.82) is 0 Å². The van der Waals surface area contributed by atoms with Gasteiger partial charge in [0.15, 0.2) is 0 Å². The van der Waals surface area contributed by atoms with Crippen molar-refractivity contribution in [3.8, 4) is 0 Å². The second kappa shape index (κ2) is 6.38. The zero-order valence-electron chi connectivity index (χ0n) is 9.75. The van der Waals surface area contributed by atoms with Gasteiger partial charge in [0.1, 0.15) is 0 Å². The molecule has 0 spiro atoms. The molecule has 0 radical (unpaired) electrons. The van der Waals surface area contributed by atoms with E-state index in [1.807, 2.05) is 0 Å². The summed E-state index contributed by atoms with van der Waals surface area (Å²) < 4.78 is 5.11. The van der Waals surface area contributed by atoms with Gasteiger partial charge in [-0.2, -0.15) is 0 Å². The summed E-state index contributed by atoms with van der Waals surface area (Å²) in [6, 6.07) is 1.35. The fraction of sp³-hybridized carbons (Fsp3) is 1.00. The average Bonchev–Trinajstić information content (AvgIpc) is 2.26. The van der Waals surface area contributed by atoms with Gasteiger partial charge in [0.25, 0.3) is 0 Å². The Balaban J connectivity index is 2.27. The molecule has 1 saturated heterocycles. The van der Waals surface area contributed by atoms with Crippen LogP contribution in [0.2, 0.25) is 0 Å². The smallest absolute Gasteiger partial charge is 0.0477 e. The van der Waals surface area contributed by atoms with E-state index in [1.54, 1.807) is 7.11 Å². The molecule has 1 aliphatic heterocycles. The first-order valence-corrected chi connectivity index (χ1v) is 5.68. The summed E-state index contributed by atoms with van der Waals surface area (Å²) in [5.41, 5.74) is 0. The molecule has 0 aromatic heterocycles. The second-order valence-corrected chi connectivity index (χ2v) is 4.25. The summed E-state index contributed by atoms with van der Waals surface area (Å²) in [5.74, 6) is 0. The Bertz CT molecular complexity index is 152. The SMILES string of the molecule is CNC1CCCN(C(C)CCOC)C1. The predicted octanol–water partition coefficient (Wildman–Crippen LogP) is 1.10. The third-order valence-corrected chi connectivity index (χ3v) is 3.22. The van der Waals surface area contributed by atoms with Crippen LogP contribution in [0.5, 0.6) is 0 Å². The van der Waals surface area contributed by atoms with Crippen molar-refractivity contribution in [3.05, 3.63) is 0 Å². The molecule has 0 bridgehead atoms. The summed E-state index contributed by atoms with van der Waals surface area (Å²) in [7, 11) is 3.84. The fourth-order valence-electron chi connectivity index (χ4n) is 2.11. The Hall–Kier alpha value is -0.120. The zero-order chi connectivity index (χ0) is 10.4. The van der Waals surface area contributed by atoms with Gasteiger partial charge in [0.05, 0.1) is 0 Å². The van der Waals surface area contributed by atoms with Gasteiger partial charge in [-0.3, -0.25) is 4.90 Å². The van der Waals surface area contributed by atoms with Crippen molar-refractivity contribution in [2.75, 3.05) is 33.9 Å². The first-order chi connectivity index (χ1) is 6.77. The highest BCUT2D eigenvalue weighted by Crippen LogP contribution is 2.14. The Kier molecular flexibility index (Phi) is 5.45. The molecule has 3 heteroatoms. The molecule has 1 heterocycles. The standard InChI is InChI=1S/C11H24N2O/c1-10(6-8-14-3)13-7-4-5-11(9-13)12-2/h10-12H,4-9H2,1-3H3. The average molecular weight is 200 g/mol. The largest absolute Gasteiger partial charge is 0.385 e. The number of ether oxygens (including phenoxy) is 1. The molecule has 2 atom stereocenters. The third kappa shape index (κ3) is 3.56. The first-order valence-electron chi connectivity index (χ1n) is 5.68. The number of methoxy groups -OCH3 is 1. The van der Waals surface area contributed by atoms with E-state index >= 15 is 0 Å². The van der Waals surface area contributed by atoms with Crippen LogP contribution in [0.15, 0.2) is 0 Å². The molecule has 1 aliphatic rings. The summed E-state index contributed by atoms with van der Waals surface area (Å²) in [5, 5.41) is 3.37. The van der Waals surface area contributed by atoms with Crippen LogP contribution >= 0.6 is 0 Å². The van der Waals surface area contributed by atoms with Gasteiger partial charge in [-0.15, -0.1) is 0 Å². The van der Waals surface area contributed by atoms with Crippen LogP contribution in [0.3, 0.4) is 0 Å². The Morgan fingerprint density at radius 1 is 1.57 bits per heavy atom. The van der Waals surface area contributed by atoms with Crippen molar-refractivity contribution in [2.45, 2.75) is 38.3 Å². The number of likely N-dealkylation sites (N-methyl/N-ethyl adjacent to an activating group) is 1. The van der Waals surface area contributed by atoms with E-state index in [2.05, 4.69) is 24.2 Å². The molecule has 1 rings (SSSR count). The molecule has 0 aromatic rings. The van der Waals surface area contributed by atoms with E-state index in [0.29, 0.717) is 12.1 Å². The maximum absolute atomic E-state index is 5.11. The fourth-order valence-corrected chi connectivity index (χ4v) is 2.11. The molecule has 1 N–H and O–H groups in total. The maximum atomic E-state index is 5.11. The van der Waals surface area contributed by atoms with Gasteiger partial charge in [-0.05, 0) is 39.8 Å². The minimum absolute atomic E-state index is 0.658.